The van der Waals surface area contributed by atoms with Crippen molar-refractivity contribution in [2.45, 2.75) is 13.0 Å². The number of carbonyl (C=O) groups excluding carboxylic acids is 1. The van der Waals surface area contributed by atoms with Crippen molar-refractivity contribution in [3.63, 3.8) is 0 Å². The van der Waals surface area contributed by atoms with Gasteiger partial charge in [0.2, 0.25) is 0 Å². The van der Waals surface area contributed by atoms with Gasteiger partial charge in [-0.25, -0.2) is 13.1 Å². The van der Waals surface area contributed by atoms with Gasteiger partial charge in [0.25, 0.3) is 0 Å². The van der Waals surface area contributed by atoms with E-state index in [0.717, 1.165) is 17.1 Å². The lowest BCUT2D eigenvalue weighted by Crippen LogP contribution is -2.16. The summed E-state index contributed by atoms with van der Waals surface area (Å²) in [5.74, 6) is 0.223. The molecule has 2 aromatic carbocycles. The van der Waals surface area contributed by atoms with E-state index in [1.165, 1.54) is 16.1 Å². The normalized spacial score (nSPS) is 10.6. The highest BCUT2D eigenvalue weighted by atomic mass is 32.1. The number of Topliss-reactive ketones (excluding diaryl/α,β-unsaturated/α-hetero) is 1. The van der Waals surface area contributed by atoms with Crippen LogP contribution < -0.4 is 10.4 Å². The Hall–Kier alpha value is -2.80. The SMILES string of the molecule is COc1ccc(C(=O)Cc2nc(=O)n(Cc3ccc(F)cc3)s2)cc1. The largest absolute Gasteiger partial charge is 0.497 e. The summed E-state index contributed by atoms with van der Waals surface area (Å²) in [5, 5.41) is 0.452. The summed E-state index contributed by atoms with van der Waals surface area (Å²) in [4.78, 5) is 28.2. The highest BCUT2D eigenvalue weighted by molar-refractivity contribution is 7.06. The quantitative estimate of drug-likeness (QED) is 0.636. The molecule has 0 saturated carbocycles. The monoisotopic (exact) mass is 358 g/mol. The lowest BCUT2D eigenvalue weighted by atomic mass is 10.1. The Kier molecular flexibility index (Phi) is 5.04. The van der Waals surface area contributed by atoms with Crippen LogP contribution in [0.5, 0.6) is 5.75 Å². The number of nitrogens with zero attached hydrogens (tertiary/aromatic N) is 2. The molecule has 0 unspecified atom stereocenters. The van der Waals surface area contributed by atoms with E-state index in [1.54, 1.807) is 43.5 Å². The third kappa shape index (κ3) is 4.19. The average Bonchev–Trinajstić information content (AvgIpc) is 2.96. The van der Waals surface area contributed by atoms with Crippen molar-refractivity contribution < 1.29 is 13.9 Å². The Morgan fingerprint density at radius 1 is 1.16 bits per heavy atom. The van der Waals surface area contributed by atoms with Gasteiger partial charge < -0.3 is 4.74 Å². The Balaban J connectivity index is 1.72. The minimum absolute atomic E-state index is 0.0582. The molecule has 128 valence electrons. The fourth-order valence-electron chi connectivity index (χ4n) is 2.29. The molecule has 1 aromatic heterocycles. The number of ketones is 1. The van der Waals surface area contributed by atoms with E-state index in [2.05, 4.69) is 4.98 Å². The van der Waals surface area contributed by atoms with Crippen LogP contribution in [-0.4, -0.2) is 21.8 Å². The van der Waals surface area contributed by atoms with Gasteiger partial charge in [0.05, 0.1) is 20.1 Å². The molecule has 5 nitrogen and oxygen atoms in total. The molecule has 0 radical (unpaired) electrons. The first-order valence-corrected chi connectivity index (χ1v) is 8.31. The second-order valence-electron chi connectivity index (χ2n) is 5.37. The van der Waals surface area contributed by atoms with Gasteiger partial charge in [0.15, 0.2) is 5.78 Å². The van der Waals surface area contributed by atoms with Gasteiger partial charge in [0, 0.05) is 5.56 Å². The van der Waals surface area contributed by atoms with Gasteiger partial charge >= 0.3 is 5.69 Å². The zero-order valence-electron chi connectivity index (χ0n) is 13.4. The van der Waals surface area contributed by atoms with Crippen molar-refractivity contribution in [3.05, 3.63) is 81.0 Å². The Labute approximate surface area is 147 Å². The van der Waals surface area contributed by atoms with E-state index in [4.69, 9.17) is 4.74 Å². The summed E-state index contributed by atoms with van der Waals surface area (Å²) in [7, 11) is 1.56. The number of ether oxygens (including phenoxy) is 1. The maximum Gasteiger partial charge on any atom is 0.358 e. The molecule has 0 aliphatic carbocycles. The zero-order chi connectivity index (χ0) is 17.8. The van der Waals surface area contributed by atoms with Crippen LogP contribution >= 0.6 is 11.5 Å². The Morgan fingerprint density at radius 3 is 2.48 bits per heavy atom. The van der Waals surface area contributed by atoms with Crippen LogP contribution in [0.1, 0.15) is 20.9 Å². The fourth-order valence-corrected chi connectivity index (χ4v) is 3.19. The smallest absolute Gasteiger partial charge is 0.358 e. The second-order valence-corrected chi connectivity index (χ2v) is 6.47. The number of hydrogen-bond acceptors (Lipinski definition) is 5. The molecule has 0 amide bonds. The Morgan fingerprint density at radius 2 is 1.84 bits per heavy atom. The molecule has 0 fully saturated rings. The van der Waals surface area contributed by atoms with Crippen molar-refractivity contribution in [3.8, 4) is 5.75 Å². The molecule has 3 rings (SSSR count). The first-order valence-electron chi connectivity index (χ1n) is 7.54. The molecule has 0 N–H and O–H groups in total. The second kappa shape index (κ2) is 7.40. The zero-order valence-corrected chi connectivity index (χ0v) is 14.3. The molecule has 0 saturated heterocycles. The molecule has 0 atom stereocenters. The van der Waals surface area contributed by atoms with Crippen molar-refractivity contribution in [2.24, 2.45) is 0 Å². The minimum Gasteiger partial charge on any atom is -0.497 e. The molecule has 1 heterocycles. The van der Waals surface area contributed by atoms with Gasteiger partial charge in [-0.1, -0.05) is 12.1 Å². The van der Waals surface area contributed by atoms with E-state index in [1.807, 2.05) is 0 Å². The number of carbonyl (C=O) groups is 1. The minimum atomic E-state index is -0.410. The molecule has 0 aliphatic heterocycles. The van der Waals surface area contributed by atoms with E-state index >= 15 is 0 Å². The number of methoxy groups -OCH3 is 1. The first-order chi connectivity index (χ1) is 12.0. The Bertz CT molecular complexity index is 930. The van der Waals surface area contributed by atoms with E-state index in [9.17, 15) is 14.0 Å². The summed E-state index contributed by atoms with van der Waals surface area (Å²) in [6.45, 7) is 0.299. The first kappa shape index (κ1) is 17.0. The van der Waals surface area contributed by atoms with Crippen molar-refractivity contribution in [1.82, 2.24) is 8.94 Å². The summed E-state index contributed by atoms with van der Waals surface area (Å²) in [6.07, 6.45) is 0.0582. The predicted octanol–water partition coefficient (Wildman–Crippen LogP) is 2.93. The van der Waals surface area contributed by atoms with Crippen LogP contribution in [0.15, 0.2) is 53.3 Å². The topological polar surface area (TPSA) is 61.2 Å². The molecule has 0 spiro atoms. The lowest BCUT2D eigenvalue weighted by Gasteiger charge is -2.02. The fraction of sp³-hybridized carbons (Fsp3) is 0.167. The van der Waals surface area contributed by atoms with Crippen LogP contribution in [0.3, 0.4) is 0 Å². The highest BCUT2D eigenvalue weighted by Crippen LogP contribution is 2.15. The summed E-state index contributed by atoms with van der Waals surface area (Å²) < 4.78 is 19.4. The number of rotatable bonds is 6. The van der Waals surface area contributed by atoms with Crippen LogP contribution in [0, 0.1) is 5.82 Å². The van der Waals surface area contributed by atoms with E-state index in [0.29, 0.717) is 22.9 Å². The maximum atomic E-state index is 12.9. The number of benzene rings is 2. The van der Waals surface area contributed by atoms with Crippen molar-refractivity contribution in [2.75, 3.05) is 7.11 Å². The summed E-state index contributed by atoms with van der Waals surface area (Å²) >= 11 is 1.14. The standard InChI is InChI=1S/C18H15FN2O3S/c1-24-15-8-4-13(5-9-15)16(22)10-17-20-18(23)21(25-17)11-12-2-6-14(19)7-3-12/h2-9H,10-11H2,1H3. The summed E-state index contributed by atoms with van der Waals surface area (Å²) in [5.41, 5.74) is 0.917. The number of halogens is 1. The van der Waals surface area contributed by atoms with Crippen LogP contribution in [-0.2, 0) is 13.0 Å². The van der Waals surface area contributed by atoms with E-state index in [-0.39, 0.29) is 18.0 Å². The molecule has 25 heavy (non-hydrogen) atoms. The maximum absolute atomic E-state index is 12.9. The molecular weight excluding hydrogens is 343 g/mol. The molecular formula is C18H15FN2O3S. The molecule has 0 bridgehead atoms. The average molecular weight is 358 g/mol. The lowest BCUT2D eigenvalue weighted by molar-refractivity contribution is 0.0993. The van der Waals surface area contributed by atoms with Crippen LogP contribution in [0.2, 0.25) is 0 Å². The van der Waals surface area contributed by atoms with Gasteiger partial charge in [0.1, 0.15) is 16.6 Å². The summed E-state index contributed by atoms with van der Waals surface area (Å²) in [6, 6.07) is 12.7. The number of aromatic nitrogens is 2. The van der Waals surface area contributed by atoms with Crippen molar-refractivity contribution >= 4 is 17.3 Å². The van der Waals surface area contributed by atoms with E-state index < -0.39 is 5.69 Å². The third-order valence-electron chi connectivity index (χ3n) is 3.61. The van der Waals surface area contributed by atoms with Crippen LogP contribution in [0.25, 0.3) is 0 Å². The molecule has 7 heteroatoms. The predicted molar refractivity (Wildman–Crippen MR) is 92.9 cm³/mol. The highest BCUT2D eigenvalue weighted by Gasteiger charge is 2.13. The van der Waals surface area contributed by atoms with Crippen molar-refractivity contribution in [1.29, 1.82) is 0 Å². The van der Waals surface area contributed by atoms with Crippen LogP contribution in [0.4, 0.5) is 4.39 Å². The number of hydrogen-bond donors (Lipinski definition) is 0. The third-order valence-corrected chi connectivity index (χ3v) is 4.56. The van der Waals surface area contributed by atoms with Gasteiger partial charge in [-0.05, 0) is 53.5 Å². The van der Waals surface area contributed by atoms with Gasteiger partial charge in [-0.3, -0.25) is 4.79 Å². The van der Waals surface area contributed by atoms with Gasteiger partial charge in [-0.2, -0.15) is 4.98 Å². The molecule has 0 aliphatic rings. The van der Waals surface area contributed by atoms with Gasteiger partial charge in [-0.15, -0.1) is 0 Å². The molecule has 3 aromatic rings.